The van der Waals surface area contributed by atoms with Crippen molar-refractivity contribution in [2.75, 3.05) is 46.4 Å². The summed E-state index contributed by atoms with van der Waals surface area (Å²) in [4.78, 5) is 25.1. The molecular weight excluding hydrogens is 457 g/mol. The van der Waals surface area contributed by atoms with Gasteiger partial charge in [0.1, 0.15) is 6.10 Å². The Morgan fingerprint density at radius 2 is 2.07 bits per heavy atom. The number of hydrogen-bond donors (Lipinski definition) is 1. The van der Waals surface area contributed by atoms with Crippen molar-refractivity contribution >= 4 is 35.8 Å². The molecule has 8 heteroatoms. The van der Waals surface area contributed by atoms with Crippen LogP contribution in [0.3, 0.4) is 0 Å². The van der Waals surface area contributed by atoms with E-state index in [2.05, 4.69) is 33.2 Å². The number of piperazine rings is 1. The van der Waals surface area contributed by atoms with Gasteiger partial charge in [0.2, 0.25) is 0 Å². The summed E-state index contributed by atoms with van der Waals surface area (Å²) in [6.45, 7) is 6.67. The number of aryl methyl sites for hydroxylation is 1. The third kappa shape index (κ3) is 5.78. The average Bonchev–Trinajstić information content (AvgIpc) is 3.21. The number of ether oxygens (including phenoxy) is 1. The van der Waals surface area contributed by atoms with E-state index in [4.69, 9.17) is 4.74 Å². The van der Waals surface area contributed by atoms with Gasteiger partial charge < -0.3 is 19.9 Å². The molecule has 1 amide bonds. The van der Waals surface area contributed by atoms with E-state index in [-0.39, 0.29) is 36.0 Å². The number of aliphatic imine (C=N–C) groups is 1. The van der Waals surface area contributed by atoms with Crippen LogP contribution in [0.5, 0.6) is 0 Å². The maximum absolute atomic E-state index is 12.4. The van der Waals surface area contributed by atoms with Gasteiger partial charge in [0.25, 0.3) is 5.91 Å². The summed E-state index contributed by atoms with van der Waals surface area (Å²) >= 11 is 0. The van der Waals surface area contributed by atoms with E-state index >= 15 is 0 Å². The van der Waals surface area contributed by atoms with Crippen molar-refractivity contribution in [1.29, 1.82) is 0 Å². The van der Waals surface area contributed by atoms with Gasteiger partial charge in [-0.3, -0.25) is 14.8 Å². The molecule has 0 radical (unpaired) electrons. The summed E-state index contributed by atoms with van der Waals surface area (Å²) in [5, 5.41) is 3.44. The normalized spacial score (nSPS) is 20.4. The molecule has 2 saturated heterocycles. The number of hydrogen-bond acceptors (Lipinski definition) is 4. The lowest BCUT2D eigenvalue weighted by atomic mass is 10.1. The minimum Gasteiger partial charge on any atom is -0.368 e. The maximum atomic E-state index is 12.4. The summed E-state index contributed by atoms with van der Waals surface area (Å²) in [6, 6.07) is 2.06. The first kappa shape index (κ1) is 21.9. The summed E-state index contributed by atoms with van der Waals surface area (Å²) in [5.74, 6) is 1.05. The van der Waals surface area contributed by atoms with Gasteiger partial charge in [-0.05, 0) is 43.4 Å². The van der Waals surface area contributed by atoms with Crippen LogP contribution in [0.2, 0.25) is 0 Å². The Bertz CT molecular complexity index is 641. The number of amides is 1. The topological polar surface area (TPSA) is 70.1 Å². The number of nitrogens with one attached hydrogen (secondary N) is 1. The molecule has 150 valence electrons. The first-order valence-corrected chi connectivity index (χ1v) is 9.44. The quantitative estimate of drug-likeness (QED) is 0.396. The molecule has 1 aromatic heterocycles. The van der Waals surface area contributed by atoms with Crippen molar-refractivity contribution in [3.63, 3.8) is 0 Å². The second kappa shape index (κ2) is 10.8. The van der Waals surface area contributed by atoms with Gasteiger partial charge in [0.15, 0.2) is 5.96 Å². The van der Waals surface area contributed by atoms with Crippen LogP contribution in [0.4, 0.5) is 0 Å². The average molecular weight is 487 g/mol. The lowest BCUT2D eigenvalue weighted by Crippen LogP contribution is -2.55. The van der Waals surface area contributed by atoms with Crippen LogP contribution < -0.4 is 5.32 Å². The molecule has 7 nitrogen and oxygen atoms in total. The van der Waals surface area contributed by atoms with E-state index in [1.165, 1.54) is 11.1 Å². The van der Waals surface area contributed by atoms with Crippen molar-refractivity contribution in [3.8, 4) is 0 Å². The van der Waals surface area contributed by atoms with E-state index in [0.717, 1.165) is 57.9 Å². The second-order valence-electron chi connectivity index (χ2n) is 6.84. The SMILES string of the molecule is CN=C(NCCc1ccncc1C)N1CCN(C(=O)C2CCCO2)CC1.I. The Balaban J connectivity index is 0.00000261. The Morgan fingerprint density at radius 1 is 1.33 bits per heavy atom. The molecule has 2 aliphatic rings. The summed E-state index contributed by atoms with van der Waals surface area (Å²) in [6.07, 6.45) is 6.30. The standard InChI is InChI=1S/C19H29N5O2.HI/c1-15-14-21-7-5-16(15)6-8-22-19(20-2)24-11-9-23(10-12-24)18(25)17-4-3-13-26-17;/h5,7,14,17H,3-4,6,8-13H2,1-2H3,(H,20,22);1H. The first-order chi connectivity index (χ1) is 12.7. The molecule has 1 aromatic rings. The van der Waals surface area contributed by atoms with Crippen LogP contribution in [0.15, 0.2) is 23.5 Å². The summed E-state index contributed by atoms with van der Waals surface area (Å²) in [7, 11) is 1.81. The number of rotatable bonds is 4. The molecule has 3 rings (SSSR count). The zero-order chi connectivity index (χ0) is 18.4. The third-order valence-corrected chi connectivity index (χ3v) is 5.12. The van der Waals surface area contributed by atoms with Crippen LogP contribution in [-0.2, 0) is 16.0 Å². The minimum absolute atomic E-state index is 0. The highest BCUT2D eigenvalue weighted by Crippen LogP contribution is 2.16. The molecule has 0 aromatic carbocycles. The van der Waals surface area contributed by atoms with Crippen LogP contribution in [0.1, 0.15) is 24.0 Å². The molecule has 0 saturated carbocycles. The van der Waals surface area contributed by atoms with Gasteiger partial charge in [0, 0.05) is 58.8 Å². The fourth-order valence-electron chi connectivity index (χ4n) is 3.54. The molecule has 2 fully saturated rings. The molecule has 1 N–H and O–H groups in total. The van der Waals surface area contributed by atoms with E-state index < -0.39 is 0 Å². The van der Waals surface area contributed by atoms with Gasteiger partial charge in [0.05, 0.1) is 0 Å². The Morgan fingerprint density at radius 3 is 2.70 bits per heavy atom. The molecular formula is C19H30IN5O2. The predicted octanol–water partition coefficient (Wildman–Crippen LogP) is 1.45. The molecule has 27 heavy (non-hydrogen) atoms. The Hall–Kier alpha value is -1.42. The number of halogens is 1. The van der Waals surface area contributed by atoms with Crippen LogP contribution in [-0.4, -0.2) is 79.1 Å². The van der Waals surface area contributed by atoms with Gasteiger partial charge in [-0.2, -0.15) is 0 Å². The molecule has 0 spiro atoms. The van der Waals surface area contributed by atoms with Crippen molar-refractivity contribution in [3.05, 3.63) is 29.6 Å². The van der Waals surface area contributed by atoms with E-state index in [1.807, 2.05) is 24.3 Å². The fraction of sp³-hybridized carbons (Fsp3) is 0.632. The lowest BCUT2D eigenvalue weighted by Gasteiger charge is -2.37. The molecule has 0 bridgehead atoms. The summed E-state index contributed by atoms with van der Waals surface area (Å²) in [5.41, 5.74) is 2.51. The molecule has 3 heterocycles. The highest BCUT2D eigenvalue weighted by molar-refractivity contribution is 14.0. The fourth-order valence-corrected chi connectivity index (χ4v) is 3.54. The van der Waals surface area contributed by atoms with E-state index in [9.17, 15) is 4.79 Å². The maximum Gasteiger partial charge on any atom is 0.251 e. The smallest absolute Gasteiger partial charge is 0.251 e. The minimum atomic E-state index is -0.220. The number of carbonyl (C=O) groups is 1. The molecule has 0 aliphatic carbocycles. The van der Waals surface area contributed by atoms with Gasteiger partial charge in [-0.25, -0.2) is 0 Å². The number of aromatic nitrogens is 1. The lowest BCUT2D eigenvalue weighted by molar-refractivity contribution is -0.142. The highest BCUT2D eigenvalue weighted by atomic mass is 127. The van der Waals surface area contributed by atoms with Crippen molar-refractivity contribution in [1.82, 2.24) is 20.1 Å². The van der Waals surface area contributed by atoms with E-state index in [0.29, 0.717) is 6.61 Å². The largest absolute Gasteiger partial charge is 0.368 e. The Labute approximate surface area is 178 Å². The Kier molecular flexibility index (Phi) is 8.75. The molecule has 2 aliphatic heterocycles. The third-order valence-electron chi connectivity index (χ3n) is 5.12. The first-order valence-electron chi connectivity index (χ1n) is 9.44. The number of nitrogens with zero attached hydrogens (tertiary/aromatic N) is 4. The van der Waals surface area contributed by atoms with Gasteiger partial charge >= 0.3 is 0 Å². The second-order valence-corrected chi connectivity index (χ2v) is 6.84. The predicted molar refractivity (Wildman–Crippen MR) is 117 cm³/mol. The van der Waals surface area contributed by atoms with Crippen molar-refractivity contribution in [2.45, 2.75) is 32.3 Å². The van der Waals surface area contributed by atoms with Crippen molar-refractivity contribution < 1.29 is 9.53 Å². The van der Waals surface area contributed by atoms with Gasteiger partial charge in [-0.1, -0.05) is 0 Å². The number of carbonyl (C=O) groups excluding carboxylic acids is 1. The molecule has 1 unspecified atom stereocenters. The highest BCUT2D eigenvalue weighted by Gasteiger charge is 2.30. The number of guanidine groups is 1. The molecule has 1 atom stereocenters. The van der Waals surface area contributed by atoms with Gasteiger partial charge in [-0.15, -0.1) is 24.0 Å². The summed E-state index contributed by atoms with van der Waals surface area (Å²) < 4.78 is 5.52. The van der Waals surface area contributed by atoms with Crippen molar-refractivity contribution in [2.24, 2.45) is 4.99 Å². The van der Waals surface area contributed by atoms with Crippen LogP contribution >= 0.6 is 24.0 Å². The van der Waals surface area contributed by atoms with E-state index in [1.54, 1.807) is 0 Å². The van der Waals surface area contributed by atoms with Crippen LogP contribution in [0.25, 0.3) is 0 Å². The number of pyridine rings is 1. The van der Waals surface area contributed by atoms with Crippen LogP contribution in [0, 0.1) is 6.92 Å². The zero-order valence-corrected chi connectivity index (χ0v) is 18.5. The zero-order valence-electron chi connectivity index (χ0n) is 16.2. The monoisotopic (exact) mass is 487 g/mol.